The van der Waals surface area contributed by atoms with Crippen molar-refractivity contribution in [2.75, 3.05) is 18.5 Å². The molecule has 33 heavy (non-hydrogen) atoms. The number of nitrogens with one attached hydrogen (secondary N) is 2. The topological polar surface area (TPSA) is 107 Å². The number of imidazole rings is 2. The summed E-state index contributed by atoms with van der Waals surface area (Å²) in [5, 5.41) is 3.56. The summed E-state index contributed by atoms with van der Waals surface area (Å²) in [6.07, 6.45) is 7.72. The Morgan fingerprint density at radius 2 is 1.97 bits per heavy atom. The van der Waals surface area contributed by atoms with Crippen LogP contribution in [0.25, 0.3) is 33.0 Å². The smallest absolute Gasteiger partial charge is 0.328 e. The second kappa shape index (κ2) is 8.01. The van der Waals surface area contributed by atoms with E-state index in [0.29, 0.717) is 47.9 Å². The van der Waals surface area contributed by atoms with Gasteiger partial charge in [0, 0.05) is 25.3 Å². The number of hydrogen-bond donors (Lipinski definition) is 2. The first-order valence-corrected chi connectivity index (χ1v) is 11.4. The minimum Gasteiger partial charge on any atom is -0.381 e. The molecule has 1 aromatic carbocycles. The fraction of sp³-hybridized carbons (Fsp3) is 0.435. The van der Waals surface area contributed by atoms with E-state index >= 15 is 0 Å². The number of aromatic amines is 1. The summed E-state index contributed by atoms with van der Waals surface area (Å²) in [7, 11) is 0. The van der Waals surface area contributed by atoms with Crippen molar-refractivity contribution in [1.29, 1.82) is 0 Å². The van der Waals surface area contributed by atoms with Crippen LogP contribution in [0.2, 0.25) is 0 Å². The minimum atomic E-state index is -0.177. The van der Waals surface area contributed by atoms with Crippen molar-refractivity contribution >= 4 is 33.7 Å². The minimum absolute atomic E-state index is 0.0235. The van der Waals surface area contributed by atoms with E-state index in [4.69, 9.17) is 21.3 Å². The lowest BCUT2D eigenvalue weighted by Crippen LogP contribution is -2.27. The fourth-order valence-corrected chi connectivity index (χ4v) is 4.97. The molecule has 6 rings (SSSR count). The average molecular weight is 444 g/mol. The standard InChI is InChI=1S/C23H24N8O2/c1-24-15-6-7-17-18(12-15)30(13-25-17)22-28-20(26-14-4-2-3-5-14)19-21(29-22)31(23(32)27-19)16-8-10-33-11-9-16/h6-7,12-14,16H,2-5,8-11H2,(H,27,32)(H,26,28,29). The van der Waals surface area contributed by atoms with Gasteiger partial charge in [0.2, 0.25) is 5.95 Å². The van der Waals surface area contributed by atoms with E-state index in [1.54, 1.807) is 27.6 Å². The normalized spacial score (nSPS) is 17.7. The van der Waals surface area contributed by atoms with E-state index in [2.05, 4.69) is 20.1 Å². The van der Waals surface area contributed by atoms with Crippen LogP contribution in [0.15, 0.2) is 29.3 Å². The van der Waals surface area contributed by atoms with Crippen molar-refractivity contribution in [3.63, 3.8) is 0 Å². The molecule has 1 aliphatic carbocycles. The first-order chi connectivity index (χ1) is 16.2. The number of aromatic nitrogens is 6. The molecular formula is C23H24N8O2. The molecule has 2 fully saturated rings. The number of rotatable bonds is 4. The summed E-state index contributed by atoms with van der Waals surface area (Å²) in [4.78, 5) is 33.7. The van der Waals surface area contributed by atoms with E-state index in [1.165, 1.54) is 12.8 Å². The maximum atomic E-state index is 13.0. The molecule has 2 aliphatic rings. The van der Waals surface area contributed by atoms with Crippen molar-refractivity contribution < 1.29 is 4.74 Å². The number of anilines is 1. The number of benzene rings is 1. The predicted octanol–water partition coefficient (Wildman–Crippen LogP) is 3.72. The van der Waals surface area contributed by atoms with Crippen LogP contribution in [0, 0.1) is 6.57 Å². The fourth-order valence-electron chi connectivity index (χ4n) is 4.97. The Hall–Kier alpha value is -3.71. The van der Waals surface area contributed by atoms with Gasteiger partial charge in [-0.3, -0.25) is 9.13 Å². The van der Waals surface area contributed by atoms with Crippen LogP contribution < -0.4 is 11.0 Å². The summed E-state index contributed by atoms with van der Waals surface area (Å²) in [5.74, 6) is 1.06. The quantitative estimate of drug-likeness (QED) is 0.465. The van der Waals surface area contributed by atoms with Crippen LogP contribution in [-0.2, 0) is 4.74 Å². The van der Waals surface area contributed by atoms with Crippen LogP contribution in [-0.4, -0.2) is 48.3 Å². The van der Waals surface area contributed by atoms with Crippen molar-refractivity contribution in [3.05, 3.63) is 46.4 Å². The van der Waals surface area contributed by atoms with E-state index in [1.807, 2.05) is 6.07 Å². The Balaban J connectivity index is 1.56. The number of H-pyrrole nitrogens is 1. The van der Waals surface area contributed by atoms with Crippen molar-refractivity contribution in [1.82, 2.24) is 29.1 Å². The highest BCUT2D eigenvalue weighted by Gasteiger charge is 2.25. The highest BCUT2D eigenvalue weighted by atomic mass is 16.5. The van der Waals surface area contributed by atoms with Gasteiger partial charge < -0.3 is 15.0 Å². The summed E-state index contributed by atoms with van der Waals surface area (Å²) < 4.78 is 9.05. The second-order valence-corrected chi connectivity index (χ2v) is 8.74. The van der Waals surface area contributed by atoms with Crippen molar-refractivity contribution in [3.8, 4) is 5.95 Å². The molecule has 0 radical (unpaired) electrons. The molecule has 1 aliphatic heterocycles. The molecule has 0 atom stereocenters. The monoisotopic (exact) mass is 444 g/mol. The molecule has 1 saturated heterocycles. The molecule has 10 heteroatoms. The van der Waals surface area contributed by atoms with Crippen LogP contribution in [0.1, 0.15) is 44.6 Å². The van der Waals surface area contributed by atoms with Gasteiger partial charge in [0.25, 0.3) is 0 Å². The lowest BCUT2D eigenvalue weighted by Gasteiger charge is -2.23. The molecule has 1 saturated carbocycles. The second-order valence-electron chi connectivity index (χ2n) is 8.74. The molecule has 0 bridgehead atoms. The number of nitrogens with zero attached hydrogens (tertiary/aromatic N) is 6. The van der Waals surface area contributed by atoms with E-state index in [0.717, 1.165) is 36.7 Å². The highest BCUT2D eigenvalue weighted by Crippen LogP contribution is 2.30. The molecule has 10 nitrogen and oxygen atoms in total. The maximum Gasteiger partial charge on any atom is 0.328 e. The number of ether oxygens (including phenoxy) is 1. The van der Waals surface area contributed by atoms with Gasteiger partial charge in [-0.2, -0.15) is 9.97 Å². The van der Waals surface area contributed by atoms with Gasteiger partial charge in [-0.1, -0.05) is 18.9 Å². The van der Waals surface area contributed by atoms with Crippen LogP contribution in [0.4, 0.5) is 11.5 Å². The summed E-state index contributed by atoms with van der Waals surface area (Å²) in [6.45, 7) is 8.61. The molecule has 4 heterocycles. The summed E-state index contributed by atoms with van der Waals surface area (Å²) in [5.41, 5.74) is 3.07. The Morgan fingerprint density at radius 1 is 1.15 bits per heavy atom. The first-order valence-electron chi connectivity index (χ1n) is 11.4. The number of hydrogen-bond acceptors (Lipinski definition) is 6. The van der Waals surface area contributed by atoms with Crippen LogP contribution in [0.5, 0.6) is 0 Å². The van der Waals surface area contributed by atoms with Crippen molar-refractivity contribution in [2.24, 2.45) is 0 Å². The molecule has 0 spiro atoms. The SMILES string of the molecule is [C-]#[N+]c1ccc2ncn(-c3nc(NC4CCCC4)c4[nH]c(=O)n(C5CCOCC5)c4n3)c2c1. The molecule has 168 valence electrons. The van der Waals surface area contributed by atoms with Crippen LogP contribution >= 0.6 is 0 Å². The zero-order chi connectivity index (χ0) is 22.4. The van der Waals surface area contributed by atoms with E-state index < -0.39 is 0 Å². The zero-order valence-electron chi connectivity index (χ0n) is 18.1. The van der Waals surface area contributed by atoms with Gasteiger partial charge in [-0.05, 0) is 37.8 Å². The maximum absolute atomic E-state index is 13.0. The lowest BCUT2D eigenvalue weighted by molar-refractivity contribution is 0.0697. The average Bonchev–Trinajstić information content (AvgIpc) is 3.57. The van der Waals surface area contributed by atoms with Gasteiger partial charge in [0.1, 0.15) is 11.8 Å². The highest BCUT2D eigenvalue weighted by molar-refractivity contribution is 5.85. The Morgan fingerprint density at radius 3 is 2.76 bits per heavy atom. The Kier molecular flexibility index (Phi) is 4.84. The third-order valence-electron chi connectivity index (χ3n) is 6.68. The Bertz CT molecular complexity index is 1430. The van der Waals surface area contributed by atoms with Gasteiger partial charge in [0.05, 0.1) is 17.6 Å². The first kappa shape index (κ1) is 19.9. The van der Waals surface area contributed by atoms with E-state index in [9.17, 15) is 4.79 Å². The van der Waals surface area contributed by atoms with Gasteiger partial charge in [-0.25, -0.2) is 14.6 Å². The zero-order valence-corrected chi connectivity index (χ0v) is 18.1. The third-order valence-corrected chi connectivity index (χ3v) is 6.68. The van der Waals surface area contributed by atoms with E-state index in [-0.39, 0.29) is 11.7 Å². The third kappa shape index (κ3) is 3.45. The molecular weight excluding hydrogens is 420 g/mol. The molecule has 0 unspecified atom stereocenters. The van der Waals surface area contributed by atoms with Crippen LogP contribution in [0.3, 0.4) is 0 Å². The molecule has 4 aromatic rings. The summed E-state index contributed by atoms with van der Waals surface area (Å²) in [6, 6.07) is 5.70. The molecule has 0 amide bonds. The summed E-state index contributed by atoms with van der Waals surface area (Å²) >= 11 is 0. The lowest BCUT2D eigenvalue weighted by atomic mass is 10.1. The largest absolute Gasteiger partial charge is 0.381 e. The van der Waals surface area contributed by atoms with Gasteiger partial charge in [0.15, 0.2) is 17.2 Å². The van der Waals surface area contributed by atoms with Crippen molar-refractivity contribution in [2.45, 2.75) is 50.6 Å². The predicted molar refractivity (Wildman–Crippen MR) is 124 cm³/mol. The van der Waals surface area contributed by atoms with Gasteiger partial charge >= 0.3 is 5.69 Å². The Labute approximate surface area is 189 Å². The molecule has 3 aromatic heterocycles. The molecule has 2 N–H and O–H groups in total. The van der Waals surface area contributed by atoms with Gasteiger partial charge in [-0.15, -0.1) is 0 Å². The number of fused-ring (bicyclic) bond motifs is 2.